The van der Waals surface area contributed by atoms with Crippen molar-refractivity contribution < 1.29 is 0 Å². The van der Waals surface area contributed by atoms with Gasteiger partial charge in [0.1, 0.15) is 0 Å². The fourth-order valence-electron chi connectivity index (χ4n) is 1.55. The predicted molar refractivity (Wildman–Crippen MR) is 65.7 cm³/mol. The summed E-state index contributed by atoms with van der Waals surface area (Å²) in [5.41, 5.74) is 7.40. The monoisotopic (exact) mass is 206 g/mol. The van der Waals surface area contributed by atoms with Crippen molar-refractivity contribution in [3.8, 4) is 0 Å². The molecule has 0 bridgehead atoms. The lowest BCUT2D eigenvalue weighted by Gasteiger charge is -2.21. The van der Waals surface area contributed by atoms with E-state index in [1.54, 1.807) is 0 Å². The van der Waals surface area contributed by atoms with Gasteiger partial charge in [-0.05, 0) is 18.0 Å². The van der Waals surface area contributed by atoms with Gasteiger partial charge in [0.25, 0.3) is 0 Å². The first-order valence-corrected chi connectivity index (χ1v) is 5.65. The molecular formula is C13H22N2. The molecule has 2 unspecified atom stereocenters. The molecule has 0 aliphatic carbocycles. The van der Waals surface area contributed by atoms with Gasteiger partial charge in [0, 0.05) is 12.1 Å². The molecule has 0 aromatic heterocycles. The van der Waals surface area contributed by atoms with Crippen LogP contribution in [0.1, 0.15) is 32.4 Å². The second-order valence-corrected chi connectivity index (χ2v) is 4.48. The fraction of sp³-hybridized carbons (Fsp3) is 0.538. The van der Waals surface area contributed by atoms with Crippen LogP contribution in [-0.4, -0.2) is 12.6 Å². The highest BCUT2D eigenvalue weighted by molar-refractivity contribution is 5.19. The van der Waals surface area contributed by atoms with E-state index in [1.807, 2.05) is 18.2 Å². The Hall–Kier alpha value is -0.860. The molecule has 0 amide bonds. The summed E-state index contributed by atoms with van der Waals surface area (Å²) in [6.07, 6.45) is 0. The van der Waals surface area contributed by atoms with Gasteiger partial charge in [-0.15, -0.1) is 0 Å². The molecule has 0 fully saturated rings. The average molecular weight is 206 g/mol. The highest BCUT2D eigenvalue weighted by Crippen LogP contribution is 2.18. The van der Waals surface area contributed by atoms with Crippen molar-refractivity contribution in [1.82, 2.24) is 5.32 Å². The third-order valence-electron chi connectivity index (χ3n) is 2.65. The van der Waals surface area contributed by atoms with Gasteiger partial charge in [0.05, 0.1) is 0 Å². The molecule has 84 valence electrons. The molecule has 0 heterocycles. The number of nitrogens with two attached hydrogens (primary N) is 1. The minimum absolute atomic E-state index is 0.123. The number of benzene rings is 1. The zero-order valence-electron chi connectivity index (χ0n) is 9.90. The van der Waals surface area contributed by atoms with E-state index in [4.69, 9.17) is 5.73 Å². The Morgan fingerprint density at radius 3 is 2.27 bits per heavy atom. The molecule has 2 heteroatoms. The standard InChI is InChI=1S/C13H22N2/c1-10(2)15-9-11(3)13(14)12-7-5-4-6-8-12/h4-8,10-11,13,15H,9,14H2,1-3H3. The van der Waals surface area contributed by atoms with E-state index in [-0.39, 0.29) is 6.04 Å². The van der Waals surface area contributed by atoms with Crippen molar-refractivity contribution in [1.29, 1.82) is 0 Å². The molecule has 0 aliphatic heterocycles. The fourth-order valence-corrected chi connectivity index (χ4v) is 1.55. The van der Waals surface area contributed by atoms with Crippen molar-refractivity contribution in [2.24, 2.45) is 11.7 Å². The summed E-state index contributed by atoms with van der Waals surface area (Å²) >= 11 is 0. The van der Waals surface area contributed by atoms with Crippen LogP contribution in [0.3, 0.4) is 0 Å². The van der Waals surface area contributed by atoms with E-state index in [2.05, 4.69) is 38.2 Å². The topological polar surface area (TPSA) is 38.0 Å². The minimum Gasteiger partial charge on any atom is -0.324 e. The van der Waals surface area contributed by atoms with Crippen LogP contribution in [-0.2, 0) is 0 Å². The molecule has 1 rings (SSSR count). The molecule has 0 spiro atoms. The molecule has 2 atom stereocenters. The summed E-state index contributed by atoms with van der Waals surface area (Å²) in [5.74, 6) is 0.454. The zero-order valence-corrected chi connectivity index (χ0v) is 9.90. The van der Waals surface area contributed by atoms with Crippen LogP contribution in [0.5, 0.6) is 0 Å². The van der Waals surface area contributed by atoms with E-state index in [0.717, 1.165) is 6.54 Å². The molecule has 3 N–H and O–H groups in total. The summed E-state index contributed by atoms with van der Waals surface area (Å²) in [6.45, 7) is 7.46. The Bertz CT molecular complexity index is 269. The Balaban J connectivity index is 2.49. The summed E-state index contributed by atoms with van der Waals surface area (Å²) < 4.78 is 0. The molecule has 0 saturated heterocycles. The van der Waals surface area contributed by atoms with E-state index in [0.29, 0.717) is 12.0 Å². The lowest BCUT2D eigenvalue weighted by Crippen LogP contribution is -2.33. The molecule has 0 saturated carbocycles. The van der Waals surface area contributed by atoms with Gasteiger partial charge >= 0.3 is 0 Å². The minimum atomic E-state index is 0.123. The van der Waals surface area contributed by atoms with Crippen LogP contribution in [0.2, 0.25) is 0 Å². The van der Waals surface area contributed by atoms with Crippen LogP contribution in [0.4, 0.5) is 0 Å². The summed E-state index contributed by atoms with van der Waals surface area (Å²) in [6, 6.07) is 10.9. The van der Waals surface area contributed by atoms with E-state index in [9.17, 15) is 0 Å². The summed E-state index contributed by atoms with van der Waals surface area (Å²) in [5, 5.41) is 3.42. The number of nitrogens with one attached hydrogen (secondary N) is 1. The van der Waals surface area contributed by atoms with Crippen LogP contribution in [0.25, 0.3) is 0 Å². The number of hydrogen-bond acceptors (Lipinski definition) is 2. The van der Waals surface area contributed by atoms with Gasteiger partial charge in [0.2, 0.25) is 0 Å². The van der Waals surface area contributed by atoms with Crippen LogP contribution in [0.15, 0.2) is 30.3 Å². The van der Waals surface area contributed by atoms with Crippen molar-refractivity contribution in [2.45, 2.75) is 32.9 Å². The van der Waals surface area contributed by atoms with Crippen LogP contribution in [0, 0.1) is 5.92 Å². The molecule has 0 radical (unpaired) electrons. The number of hydrogen-bond donors (Lipinski definition) is 2. The van der Waals surface area contributed by atoms with Gasteiger partial charge in [-0.2, -0.15) is 0 Å². The Kier molecular flexibility index (Phi) is 4.79. The quantitative estimate of drug-likeness (QED) is 0.776. The van der Waals surface area contributed by atoms with E-state index < -0.39 is 0 Å². The zero-order chi connectivity index (χ0) is 11.3. The maximum absolute atomic E-state index is 6.18. The van der Waals surface area contributed by atoms with Crippen molar-refractivity contribution in [3.63, 3.8) is 0 Å². The van der Waals surface area contributed by atoms with Gasteiger partial charge in [-0.1, -0.05) is 51.1 Å². The van der Waals surface area contributed by atoms with E-state index >= 15 is 0 Å². The normalized spacial score (nSPS) is 15.3. The molecule has 2 nitrogen and oxygen atoms in total. The highest BCUT2D eigenvalue weighted by Gasteiger charge is 2.14. The SMILES string of the molecule is CC(C)NCC(C)C(N)c1ccccc1. The van der Waals surface area contributed by atoms with E-state index in [1.165, 1.54) is 5.56 Å². The largest absolute Gasteiger partial charge is 0.324 e. The lowest BCUT2D eigenvalue weighted by atomic mass is 9.95. The Morgan fingerprint density at radius 1 is 1.13 bits per heavy atom. The van der Waals surface area contributed by atoms with Gasteiger partial charge in [-0.3, -0.25) is 0 Å². The highest BCUT2D eigenvalue weighted by atomic mass is 14.9. The third-order valence-corrected chi connectivity index (χ3v) is 2.65. The van der Waals surface area contributed by atoms with Gasteiger partial charge < -0.3 is 11.1 Å². The average Bonchev–Trinajstić information content (AvgIpc) is 2.26. The Morgan fingerprint density at radius 2 is 1.73 bits per heavy atom. The van der Waals surface area contributed by atoms with Crippen molar-refractivity contribution in [3.05, 3.63) is 35.9 Å². The first kappa shape index (κ1) is 12.2. The molecule has 1 aromatic rings. The predicted octanol–water partition coefficient (Wildman–Crippen LogP) is 2.32. The van der Waals surface area contributed by atoms with Gasteiger partial charge in [-0.25, -0.2) is 0 Å². The second kappa shape index (κ2) is 5.89. The molecule has 0 aliphatic rings. The van der Waals surface area contributed by atoms with Crippen LogP contribution >= 0.6 is 0 Å². The molecule has 1 aromatic carbocycles. The first-order valence-electron chi connectivity index (χ1n) is 5.65. The molecule has 15 heavy (non-hydrogen) atoms. The smallest absolute Gasteiger partial charge is 0.0333 e. The Labute approximate surface area is 92.9 Å². The maximum Gasteiger partial charge on any atom is 0.0333 e. The summed E-state index contributed by atoms with van der Waals surface area (Å²) in [4.78, 5) is 0. The third kappa shape index (κ3) is 4.02. The maximum atomic E-state index is 6.18. The van der Waals surface area contributed by atoms with Gasteiger partial charge in [0.15, 0.2) is 0 Å². The van der Waals surface area contributed by atoms with Crippen LogP contribution < -0.4 is 11.1 Å². The number of rotatable bonds is 5. The summed E-state index contributed by atoms with van der Waals surface area (Å²) in [7, 11) is 0. The van der Waals surface area contributed by atoms with Crippen molar-refractivity contribution >= 4 is 0 Å². The van der Waals surface area contributed by atoms with Crippen molar-refractivity contribution in [2.75, 3.05) is 6.54 Å². The first-order chi connectivity index (χ1) is 7.11. The second-order valence-electron chi connectivity index (χ2n) is 4.48. The molecular weight excluding hydrogens is 184 g/mol. The lowest BCUT2D eigenvalue weighted by molar-refractivity contribution is 0.415.